The van der Waals surface area contributed by atoms with Gasteiger partial charge in [-0.05, 0) is 44.0 Å². The zero-order chi connectivity index (χ0) is 15.4. The Kier molecular flexibility index (Phi) is 8.25. The van der Waals surface area contributed by atoms with Gasteiger partial charge >= 0.3 is 0 Å². The van der Waals surface area contributed by atoms with Crippen LogP contribution in [0.2, 0.25) is 0 Å². The molecule has 0 aliphatic carbocycles. The summed E-state index contributed by atoms with van der Waals surface area (Å²) < 4.78 is 1.96. The highest BCUT2D eigenvalue weighted by atomic mass is 35.5. The van der Waals surface area contributed by atoms with Gasteiger partial charge in [0.2, 0.25) is 5.91 Å². The molecule has 7 heteroatoms. The van der Waals surface area contributed by atoms with Crippen molar-refractivity contribution >= 4 is 30.7 Å². The molecular weight excluding hydrogens is 347 g/mol. The molecule has 0 radical (unpaired) electrons. The number of aromatic nitrogens is 2. The van der Waals surface area contributed by atoms with Gasteiger partial charge in [0.05, 0.1) is 18.4 Å². The number of hydrogen-bond acceptors (Lipinski definition) is 3. The van der Waals surface area contributed by atoms with Crippen molar-refractivity contribution in [2.24, 2.45) is 0 Å². The minimum atomic E-state index is -0.0481. The third-order valence-electron chi connectivity index (χ3n) is 4.16. The van der Waals surface area contributed by atoms with Gasteiger partial charge in [0.25, 0.3) is 0 Å². The van der Waals surface area contributed by atoms with Crippen molar-refractivity contribution in [3.63, 3.8) is 0 Å². The third kappa shape index (κ3) is 4.97. The van der Waals surface area contributed by atoms with E-state index < -0.39 is 0 Å². The number of amides is 1. The molecule has 0 saturated carbocycles. The molecule has 3 rings (SSSR count). The van der Waals surface area contributed by atoms with Gasteiger partial charge in [0.1, 0.15) is 0 Å². The Morgan fingerprint density at radius 2 is 2.21 bits per heavy atom. The summed E-state index contributed by atoms with van der Waals surface area (Å²) in [6.45, 7) is 2.95. The largest absolute Gasteiger partial charge is 0.348 e. The summed E-state index contributed by atoms with van der Waals surface area (Å²) in [6, 6.07) is 8.10. The fraction of sp³-hybridized carbons (Fsp3) is 0.412. The van der Waals surface area contributed by atoms with Crippen molar-refractivity contribution in [2.45, 2.75) is 38.3 Å². The molecule has 0 spiro atoms. The Morgan fingerprint density at radius 3 is 2.88 bits per heavy atom. The van der Waals surface area contributed by atoms with Crippen LogP contribution in [0.4, 0.5) is 0 Å². The number of imidazole rings is 1. The van der Waals surface area contributed by atoms with E-state index in [0.29, 0.717) is 0 Å². The van der Waals surface area contributed by atoms with E-state index in [4.69, 9.17) is 0 Å². The molecule has 1 fully saturated rings. The van der Waals surface area contributed by atoms with Gasteiger partial charge in [-0.1, -0.05) is 18.6 Å². The monoisotopic (exact) mass is 370 g/mol. The fourth-order valence-corrected chi connectivity index (χ4v) is 2.84. The molecular formula is C17H24Cl2N4O. The van der Waals surface area contributed by atoms with Crippen LogP contribution in [0.25, 0.3) is 5.69 Å². The molecule has 2 aromatic rings. The van der Waals surface area contributed by atoms with E-state index in [1.165, 1.54) is 0 Å². The van der Waals surface area contributed by atoms with E-state index >= 15 is 0 Å². The molecule has 2 heterocycles. The number of carbonyl (C=O) groups is 1. The molecule has 5 nitrogen and oxygen atoms in total. The van der Waals surface area contributed by atoms with Crippen LogP contribution in [-0.2, 0) is 4.79 Å². The van der Waals surface area contributed by atoms with Crippen molar-refractivity contribution in [1.29, 1.82) is 0 Å². The van der Waals surface area contributed by atoms with Crippen molar-refractivity contribution in [3.8, 4) is 5.69 Å². The first-order valence-electron chi connectivity index (χ1n) is 7.86. The molecule has 0 bridgehead atoms. The molecule has 1 amide bonds. The van der Waals surface area contributed by atoms with Crippen molar-refractivity contribution < 1.29 is 4.79 Å². The van der Waals surface area contributed by atoms with Crippen LogP contribution in [0.5, 0.6) is 0 Å². The summed E-state index contributed by atoms with van der Waals surface area (Å²) in [5.41, 5.74) is 2.14. The zero-order valence-electron chi connectivity index (χ0n) is 13.6. The van der Waals surface area contributed by atoms with Gasteiger partial charge < -0.3 is 15.2 Å². The smallest absolute Gasteiger partial charge is 0.237 e. The lowest BCUT2D eigenvalue weighted by atomic mass is 10.0. The summed E-state index contributed by atoms with van der Waals surface area (Å²) in [6.07, 6.45) is 8.64. The van der Waals surface area contributed by atoms with Crippen molar-refractivity contribution in [1.82, 2.24) is 20.2 Å². The first kappa shape index (κ1) is 20.5. The maximum Gasteiger partial charge on any atom is 0.237 e. The predicted molar refractivity (Wildman–Crippen MR) is 100 cm³/mol. The van der Waals surface area contributed by atoms with E-state index in [0.717, 1.165) is 37.1 Å². The minimum absolute atomic E-state index is 0. The lowest BCUT2D eigenvalue weighted by molar-refractivity contribution is -0.124. The van der Waals surface area contributed by atoms with Crippen LogP contribution in [0.15, 0.2) is 43.0 Å². The average molecular weight is 371 g/mol. The highest BCUT2D eigenvalue weighted by Crippen LogP contribution is 2.17. The number of hydrogen-bond donors (Lipinski definition) is 2. The molecule has 24 heavy (non-hydrogen) atoms. The Bertz CT molecular complexity index is 627. The number of rotatable bonds is 4. The molecule has 1 aromatic carbocycles. The van der Waals surface area contributed by atoms with Crippen LogP contribution in [0.1, 0.15) is 37.8 Å². The summed E-state index contributed by atoms with van der Waals surface area (Å²) in [7, 11) is 0. The number of nitrogens with zero attached hydrogens (tertiary/aromatic N) is 2. The Morgan fingerprint density at radius 1 is 1.38 bits per heavy atom. The fourth-order valence-electron chi connectivity index (χ4n) is 2.84. The maximum absolute atomic E-state index is 12.3. The van der Waals surface area contributed by atoms with Gasteiger partial charge in [-0.15, -0.1) is 24.8 Å². The second-order valence-corrected chi connectivity index (χ2v) is 5.80. The highest BCUT2D eigenvalue weighted by molar-refractivity contribution is 5.85. The second-order valence-electron chi connectivity index (χ2n) is 5.80. The maximum atomic E-state index is 12.3. The SMILES string of the molecule is CC(NC(=O)[C@H]1CCCCN1)c1cccc(-n2ccnc2)c1.Cl.Cl. The van der Waals surface area contributed by atoms with E-state index in [1.54, 1.807) is 12.5 Å². The number of piperidine rings is 1. The van der Waals surface area contributed by atoms with E-state index in [2.05, 4.69) is 21.7 Å². The van der Waals surface area contributed by atoms with Gasteiger partial charge in [-0.25, -0.2) is 4.98 Å². The van der Waals surface area contributed by atoms with Crippen LogP contribution >= 0.6 is 24.8 Å². The molecule has 2 atom stereocenters. The van der Waals surface area contributed by atoms with Gasteiger partial charge in [-0.3, -0.25) is 4.79 Å². The molecule has 1 aliphatic rings. The van der Waals surface area contributed by atoms with Gasteiger partial charge in [0, 0.05) is 18.1 Å². The average Bonchev–Trinajstić information content (AvgIpc) is 3.10. The second kappa shape index (κ2) is 9.67. The number of benzene rings is 1. The molecule has 1 unspecified atom stereocenters. The van der Waals surface area contributed by atoms with Crippen molar-refractivity contribution in [3.05, 3.63) is 48.5 Å². The zero-order valence-corrected chi connectivity index (χ0v) is 15.3. The van der Waals surface area contributed by atoms with E-state index in [9.17, 15) is 4.79 Å². The van der Waals surface area contributed by atoms with Crippen LogP contribution in [0, 0.1) is 0 Å². The summed E-state index contributed by atoms with van der Waals surface area (Å²) in [5, 5.41) is 6.40. The Labute approximate surface area is 155 Å². The van der Waals surface area contributed by atoms with E-state index in [-0.39, 0.29) is 42.8 Å². The normalized spacial score (nSPS) is 18.0. The Hall–Kier alpha value is -1.56. The summed E-state index contributed by atoms with van der Waals surface area (Å²) in [5.74, 6) is 0.0974. The van der Waals surface area contributed by atoms with E-state index in [1.807, 2.05) is 35.9 Å². The first-order valence-corrected chi connectivity index (χ1v) is 7.86. The Balaban J connectivity index is 0.00000144. The third-order valence-corrected chi connectivity index (χ3v) is 4.16. The lowest BCUT2D eigenvalue weighted by Gasteiger charge is -2.25. The predicted octanol–water partition coefficient (Wildman–Crippen LogP) is 3.04. The lowest BCUT2D eigenvalue weighted by Crippen LogP contribution is -2.47. The first-order chi connectivity index (χ1) is 10.7. The summed E-state index contributed by atoms with van der Waals surface area (Å²) >= 11 is 0. The van der Waals surface area contributed by atoms with Gasteiger partial charge in [-0.2, -0.15) is 0 Å². The molecule has 2 N–H and O–H groups in total. The topological polar surface area (TPSA) is 59.0 Å². The number of nitrogens with one attached hydrogen (secondary N) is 2. The molecule has 132 valence electrons. The molecule has 1 aliphatic heterocycles. The molecule has 1 saturated heterocycles. The van der Waals surface area contributed by atoms with Gasteiger partial charge in [0.15, 0.2) is 0 Å². The van der Waals surface area contributed by atoms with Crippen LogP contribution in [-0.4, -0.2) is 28.0 Å². The van der Waals surface area contributed by atoms with Crippen LogP contribution in [0.3, 0.4) is 0 Å². The summed E-state index contributed by atoms with van der Waals surface area (Å²) in [4.78, 5) is 16.4. The highest BCUT2D eigenvalue weighted by Gasteiger charge is 2.22. The minimum Gasteiger partial charge on any atom is -0.348 e. The number of carbonyl (C=O) groups excluding carboxylic acids is 1. The standard InChI is InChI=1S/C17H22N4O.2ClH/c1-13(20-17(22)16-7-2-3-8-19-16)14-5-4-6-15(11-14)21-10-9-18-12-21;;/h4-6,9-13,16,19H,2-3,7-8H2,1H3,(H,20,22);2*1H/t13?,16-;;/m1../s1. The molecule has 1 aromatic heterocycles. The van der Waals surface area contributed by atoms with Crippen LogP contribution < -0.4 is 10.6 Å². The number of halogens is 2. The van der Waals surface area contributed by atoms with Crippen molar-refractivity contribution in [2.75, 3.05) is 6.54 Å². The quantitative estimate of drug-likeness (QED) is 0.869.